The first kappa shape index (κ1) is 14.5. The highest BCUT2D eigenvalue weighted by atomic mass is 16.2. The molecule has 4 rings (SSSR count). The van der Waals surface area contributed by atoms with Crippen LogP contribution in [0.4, 0.5) is 0 Å². The number of hydrogen-bond donors (Lipinski definition) is 1. The van der Waals surface area contributed by atoms with Crippen LogP contribution in [0.3, 0.4) is 0 Å². The lowest BCUT2D eigenvalue weighted by molar-refractivity contribution is 0.0644. The van der Waals surface area contributed by atoms with Gasteiger partial charge < -0.3 is 9.88 Å². The minimum atomic E-state index is 0.0785. The molecule has 2 aromatic rings. The summed E-state index contributed by atoms with van der Waals surface area (Å²) >= 11 is 0. The third-order valence-electron chi connectivity index (χ3n) is 5.86. The number of fused-ring (bicyclic) bond motifs is 2. The molecule has 4 heteroatoms. The van der Waals surface area contributed by atoms with Crippen molar-refractivity contribution in [3.63, 3.8) is 0 Å². The maximum atomic E-state index is 12.5. The minimum Gasteiger partial charge on any atom is -0.341 e. The number of H-pyrrole nitrogens is 1. The summed E-state index contributed by atoms with van der Waals surface area (Å²) in [4.78, 5) is 21.3. The van der Waals surface area contributed by atoms with E-state index in [1.807, 2.05) is 4.90 Å². The first-order chi connectivity index (χ1) is 11.2. The molecule has 1 aromatic carbocycles. The number of imidazole rings is 1. The summed E-state index contributed by atoms with van der Waals surface area (Å²) in [6.07, 6.45) is 7.82. The van der Waals surface area contributed by atoms with Gasteiger partial charge >= 0.3 is 0 Å². The Balaban J connectivity index is 1.55. The summed E-state index contributed by atoms with van der Waals surface area (Å²) in [5, 5.41) is 0. The zero-order chi connectivity index (χ0) is 15.9. The van der Waals surface area contributed by atoms with Crippen LogP contribution >= 0.6 is 0 Å². The second-order valence-electron chi connectivity index (χ2n) is 7.06. The number of rotatable bonds is 1. The molecule has 2 heterocycles. The van der Waals surface area contributed by atoms with Crippen molar-refractivity contribution in [3.8, 4) is 0 Å². The normalized spacial score (nSPS) is 22.8. The van der Waals surface area contributed by atoms with Crippen LogP contribution in [0.5, 0.6) is 0 Å². The lowest BCUT2D eigenvalue weighted by atomic mass is 9.62. The van der Waals surface area contributed by atoms with E-state index in [9.17, 15) is 4.79 Å². The van der Waals surface area contributed by atoms with Gasteiger partial charge in [0.05, 0.1) is 12.5 Å². The molecular weight excluding hydrogens is 286 g/mol. The van der Waals surface area contributed by atoms with E-state index in [0.29, 0.717) is 11.6 Å². The van der Waals surface area contributed by atoms with Gasteiger partial charge in [0.15, 0.2) is 0 Å². The number of carbonyl (C=O) groups excluding carboxylic acids is 1. The van der Waals surface area contributed by atoms with Crippen molar-refractivity contribution in [1.82, 2.24) is 14.9 Å². The monoisotopic (exact) mass is 309 g/mol. The molecule has 120 valence electrons. The van der Waals surface area contributed by atoms with Gasteiger partial charge in [0.2, 0.25) is 0 Å². The Bertz CT molecular complexity index is 699. The molecule has 1 amide bonds. The Morgan fingerprint density at radius 3 is 2.78 bits per heavy atom. The maximum absolute atomic E-state index is 12.5. The Morgan fingerprint density at radius 2 is 2.04 bits per heavy atom. The molecule has 1 atom stereocenters. The Hall–Kier alpha value is -2.10. The predicted molar refractivity (Wildman–Crippen MR) is 89.5 cm³/mol. The van der Waals surface area contributed by atoms with Crippen LogP contribution in [0, 0.1) is 0 Å². The lowest BCUT2D eigenvalue weighted by Gasteiger charge is -2.46. The first-order valence-corrected chi connectivity index (χ1v) is 8.57. The second-order valence-corrected chi connectivity index (χ2v) is 7.06. The molecule has 23 heavy (non-hydrogen) atoms. The van der Waals surface area contributed by atoms with Crippen molar-refractivity contribution in [1.29, 1.82) is 0 Å². The van der Waals surface area contributed by atoms with Gasteiger partial charge in [0, 0.05) is 13.1 Å². The summed E-state index contributed by atoms with van der Waals surface area (Å²) in [6.45, 7) is 4.00. The second kappa shape index (κ2) is 5.52. The van der Waals surface area contributed by atoms with Crippen LogP contribution in [0.2, 0.25) is 0 Å². The van der Waals surface area contributed by atoms with E-state index >= 15 is 0 Å². The Labute approximate surface area is 136 Å². The van der Waals surface area contributed by atoms with Gasteiger partial charge in [0.25, 0.3) is 5.91 Å². The van der Waals surface area contributed by atoms with Crippen LogP contribution in [0.1, 0.15) is 60.1 Å². The quantitative estimate of drug-likeness (QED) is 0.876. The van der Waals surface area contributed by atoms with Crippen molar-refractivity contribution in [3.05, 3.63) is 53.6 Å². The van der Waals surface area contributed by atoms with Crippen LogP contribution in [0.15, 0.2) is 36.8 Å². The number of nitrogens with zero attached hydrogens (tertiary/aromatic N) is 2. The largest absolute Gasteiger partial charge is 0.341 e. The fraction of sp³-hybridized carbons (Fsp3) is 0.474. The minimum absolute atomic E-state index is 0.0785. The van der Waals surface area contributed by atoms with E-state index < -0.39 is 0 Å². The lowest BCUT2D eigenvalue weighted by Crippen LogP contribution is -2.46. The molecule has 4 nitrogen and oxygen atoms in total. The predicted octanol–water partition coefficient (Wildman–Crippen LogP) is 3.48. The van der Waals surface area contributed by atoms with E-state index in [0.717, 1.165) is 25.9 Å². The van der Waals surface area contributed by atoms with Crippen molar-refractivity contribution in [2.24, 2.45) is 0 Å². The fourth-order valence-electron chi connectivity index (χ4n) is 4.39. The van der Waals surface area contributed by atoms with Crippen molar-refractivity contribution in [2.45, 2.75) is 43.9 Å². The topological polar surface area (TPSA) is 49.0 Å². The van der Waals surface area contributed by atoms with Crippen molar-refractivity contribution >= 4 is 5.91 Å². The van der Waals surface area contributed by atoms with E-state index in [2.05, 4.69) is 41.2 Å². The van der Waals surface area contributed by atoms with Crippen LogP contribution in [-0.2, 0) is 5.41 Å². The van der Waals surface area contributed by atoms with Gasteiger partial charge in [-0.25, -0.2) is 4.98 Å². The van der Waals surface area contributed by atoms with Crippen molar-refractivity contribution < 1.29 is 4.79 Å². The number of aromatic nitrogens is 2. The molecule has 1 aromatic heterocycles. The Kier molecular flexibility index (Phi) is 3.47. The van der Waals surface area contributed by atoms with Crippen molar-refractivity contribution in [2.75, 3.05) is 13.1 Å². The molecule has 0 radical (unpaired) electrons. The average Bonchev–Trinajstić information content (AvgIpc) is 3.13. The molecule has 1 aliphatic carbocycles. The maximum Gasteiger partial charge on any atom is 0.271 e. The van der Waals surface area contributed by atoms with Gasteiger partial charge in [-0.1, -0.05) is 31.2 Å². The fourth-order valence-corrected chi connectivity index (χ4v) is 4.39. The third-order valence-corrected chi connectivity index (χ3v) is 5.86. The van der Waals surface area contributed by atoms with Gasteiger partial charge in [-0.3, -0.25) is 4.79 Å². The highest BCUT2D eigenvalue weighted by Crippen LogP contribution is 2.48. The molecule has 1 N–H and O–H groups in total. The highest BCUT2D eigenvalue weighted by Gasteiger charge is 2.41. The molecule has 0 bridgehead atoms. The number of aromatic amines is 1. The number of hydrogen-bond acceptors (Lipinski definition) is 2. The van der Waals surface area contributed by atoms with Gasteiger partial charge in [-0.15, -0.1) is 0 Å². The van der Waals surface area contributed by atoms with Crippen LogP contribution < -0.4 is 0 Å². The number of benzene rings is 1. The summed E-state index contributed by atoms with van der Waals surface area (Å²) in [5.41, 5.74) is 3.92. The first-order valence-electron chi connectivity index (χ1n) is 8.57. The number of carbonyl (C=O) groups is 1. The number of piperidine rings is 1. The molecule has 1 spiro atoms. The molecular formula is C19H23N3O. The SMILES string of the molecule is CC1CCC2(CCN(C(=O)c3cnc[nH]3)CC2)c2ccccc21. The highest BCUT2D eigenvalue weighted by molar-refractivity contribution is 5.92. The standard InChI is InChI=1S/C19H23N3O/c1-14-6-7-19(16-5-3-2-4-15(14)16)8-10-22(11-9-19)18(23)17-12-20-13-21-17/h2-5,12-14H,6-11H2,1H3,(H,20,21). The van der Waals surface area contributed by atoms with E-state index in [-0.39, 0.29) is 11.3 Å². The van der Waals surface area contributed by atoms with E-state index in [1.54, 1.807) is 12.5 Å². The summed E-state index contributed by atoms with van der Waals surface area (Å²) in [5.74, 6) is 0.733. The molecule has 1 aliphatic heterocycles. The Morgan fingerprint density at radius 1 is 1.26 bits per heavy atom. The zero-order valence-electron chi connectivity index (χ0n) is 13.6. The van der Waals surface area contributed by atoms with E-state index in [4.69, 9.17) is 0 Å². The molecule has 1 fully saturated rings. The number of likely N-dealkylation sites (tertiary alicyclic amines) is 1. The molecule has 0 saturated carbocycles. The van der Waals surface area contributed by atoms with Gasteiger partial charge in [0.1, 0.15) is 5.69 Å². The third kappa shape index (κ3) is 2.37. The van der Waals surface area contributed by atoms with Gasteiger partial charge in [-0.05, 0) is 48.1 Å². The summed E-state index contributed by atoms with van der Waals surface area (Å²) in [6, 6.07) is 8.94. The summed E-state index contributed by atoms with van der Waals surface area (Å²) < 4.78 is 0. The smallest absolute Gasteiger partial charge is 0.271 e. The summed E-state index contributed by atoms with van der Waals surface area (Å²) in [7, 11) is 0. The van der Waals surface area contributed by atoms with Crippen LogP contribution in [0.25, 0.3) is 0 Å². The van der Waals surface area contributed by atoms with E-state index in [1.165, 1.54) is 24.0 Å². The zero-order valence-corrected chi connectivity index (χ0v) is 13.6. The average molecular weight is 309 g/mol. The molecule has 1 saturated heterocycles. The number of amides is 1. The number of nitrogens with one attached hydrogen (secondary N) is 1. The molecule has 1 unspecified atom stereocenters. The molecule has 2 aliphatic rings. The van der Waals surface area contributed by atoms with Crippen LogP contribution in [-0.4, -0.2) is 33.9 Å². The van der Waals surface area contributed by atoms with Gasteiger partial charge in [-0.2, -0.15) is 0 Å².